The number of carbonyl (C=O) groups is 1. The summed E-state index contributed by atoms with van der Waals surface area (Å²) in [6, 6.07) is 7.39. The van der Waals surface area contributed by atoms with Gasteiger partial charge >= 0.3 is 0 Å². The molecule has 2 aromatic rings. The summed E-state index contributed by atoms with van der Waals surface area (Å²) in [4.78, 5) is 13.1. The molecule has 0 N–H and O–H groups in total. The van der Waals surface area contributed by atoms with Crippen LogP contribution in [-0.2, 0) is 6.42 Å². The summed E-state index contributed by atoms with van der Waals surface area (Å²) in [6.07, 6.45) is 0.414. The molecule has 17 heavy (non-hydrogen) atoms. The van der Waals surface area contributed by atoms with Crippen LogP contribution in [0.25, 0.3) is 0 Å². The summed E-state index contributed by atoms with van der Waals surface area (Å²) >= 11 is 11.0. The minimum Gasteiger partial charge on any atom is -0.294 e. The number of halogens is 2. The molecule has 0 aliphatic rings. The lowest BCUT2D eigenvalue weighted by Gasteiger charge is -2.03. The molecule has 88 valence electrons. The van der Waals surface area contributed by atoms with Gasteiger partial charge in [0.15, 0.2) is 5.78 Å². The number of carbonyl (C=O) groups excluding carboxylic acids is 1. The Hall–Kier alpha value is -0.640. The fraction of sp³-hybridized carbons (Fsp3) is 0.154. The molecule has 0 radical (unpaired) electrons. The first-order chi connectivity index (χ1) is 8.08. The Morgan fingerprint density at radius 3 is 2.76 bits per heavy atom. The minimum atomic E-state index is 0.0926. The summed E-state index contributed by atoms with van der Waals surface area (Å²) in [5.74, 6) is 0.0926. The smallest absolute Gasteiger partial charge is 0.168 e. The van der Waals surface area contributed by atoms with Crippen molar-refractivity contribution in [1.82, 2.24) is 0 Å². The highest BCUT2D eigenvalue weighted by molar-refractivity contribution is 9.10. The zero-order chi connectivity index (χ0) is 12.4. The van der Waals surface area contributed by atoms with E-state index in [1.807, 2.05) is 30.5 Å². The fourth-order valence-corrected chi connectivity index (χ4v) is 3.14. The van der Waals surface area contributed by atoms with Gasteiger partial charge in [-0.3, -0.25) is 4.79 Å². The quantitative estimate of drug-likeness (QED) is 0.732. The largest absolute Gasteiger partial charge is 0.294 e. The maximum absolute atomic E-state index is 12.1. The summed E-state index contributed by atoms with van der Waals surface area (Å²) < 4.78 is 0.994. The Kier molecular flexibility index (Phi) is 4.02. The highest BCUT2D eigenvalue weighted by Gasteiger charge is 2.11. The number of hydrogen-bond acceptors (Lipinski definition) is 2. The number of thiophene rings is 1. The molecule has 2 rings (SSSR count). The average Bonchev–Trinajstić information content (AvgIpc) is 2.68. The summed E-state index contributed by atoms with van der Waals surface area (Å²) in [5, 5.41) is 2.61. The van der Waals surface area contributed by atoms with Gasteiger partial charge in [0.2, 0.25) is 0 Å². The van der Waals surface area contributed by atoms with Crippen LogP contribution in [0.3, 0.4) is 0 Å². The first kappa shape index (κ1) is 12.8. The number of hydrogen-bond donors (Lipinski definition) is 0. The summed E-state index contributed by atoms with van der Waals surface area (Å²) in [6.45, 7) is 1.92. The second-order valence-electron chi connectivity index (χ2n) is 3.76. The second kappa shape index (κ2) is 5.34. The molecular weight excluding hydrogens is 320 g/mol. The Morgan fingerprint density at radius 2 is 2.18 bits per heavy atom. The van der Waals surface area contributed by atoms with Crippen LogP contribution in [0.2, 0.25) is 5.02 Å². The summed E-state index contributed by atoms with van der Waals surface area (Å²) in [7, 11) is 0. The van der Waals surface area contributed by atoms with Crippen molar-refractivity contribution in [2.45, 2.75) is 13.3 Å². The van der Waals surface area contributed by atoms with E-state index in [2.05, 4.69) is 15.9 Å². The van der Waals surface area contributed by atoms with Crippen molar-refractivity contribution in [3.63, 3.8) is 0 Å². The molecule has 0 atom stereocenters. The van der Waals surface area contributed by atoms with Gasteiger partial charge in [0.05, 0.1) is 0 Å². The van der Waals surface area contributed by atoms with E-state index in [1.165, 1.54) is 0 Å². The first-order valence-corrected chi connectivity index (χ1v) is 7.14. The third kappa shape index (κ3) is 2.97. The van der Waals surface area contributed by atoms with E-state index >= 15 is 0 Å². The highest BCUT2D eigenvalue weighted by atomic mass is 79.9. The number of ketones is 1. The van der Waals surface area contributed by atoms with Crippen LogP contribution < -0.4 is 0 Å². The van der Waals surface area contributed by atoms with Crippen molar-refractivity contribution in [3.05, 3.63) is 55.1 Å². The van der Waals surface area contributed by atoms with Crippen LogP contribution in [0.5, 0.6) is 0 Å². The lowest BCUT2D eigenvalue weighted by molar-refractivity contribution is 0.0993. The number of aryl methyl sites for hydroxylation is 1. The molecule has 0 unspecified atom stereocenters. The standard InChI is InChI=1S/C13H10BrClOS/c1-8-2-3-9(6-11(8)15)12(16)7-13-10(14)4-5-17-13/h2-6H,7H2,1H3. The topological polar surface area (TPSA) is 17.1 Å². The molecule has 0 saturated carbocycles. The zero-order valence-electron chi connectivity index (χ0n) is 9.17. The molecule has 1 heterocycles. The molecule has 1 aromatic heterocycles. The van der Waals surface area contributed by atoms with Gasteiger partial charge in [-0.15, -0.1) is 11.3 Å². The van der Waals surface area contributed by atoms with E-state index < -0.39 is 0 Å². The van der Waals surface area contributed by atoms with E-state index in [9.17, 15) is 4.79 Å². The van der Waals surface area contributed by atoms with Crippen molar-refractivity contribution in [3.8, 4) is 0 Å². The Bertz CT molecular complexity index is 562. The predicted molar refractivity (Wildman–Crippen MR) is 76.2 cm³/mol. The number of rotatable bonds is 3. The van der Waals surface area contributed by atoms with Crippen LogP contribution >= 0.6 is 38.9 Å². The van der Waals surface area contributed by atoms with Gasteiger partial charge in [-0.05, 0) is 45.9 Å². The second-order valence-corrected chi connectivity index (χ2v) is 6.02. The van der Waals surface area contributed by atoms with Gasteiger partial charge in [-0.25, -0.2) is 0 Å². The molecule has 0 spiro atoms. The van der Waals surface area contributed by atoms with E-state index in [0.717, 1.165) is 14.9 Å². The van der Waals surface area contributed by atoms with Crippen LogP contribution in [-0.4, -0.2) is 5.78 Å². The lowest BCUT2D eigenvalue weighted by atomic mass is 10.1. The van der Waals surface area contributed by atoms with Crippen LogP contribution in [0.15, 0.2) is 34.1 Å². The maximum atomic E-state index is 12.1. The van der Waals surface area contributed by atoms with Crippen molar-refractivity contribution < 1.29 is 4.79 Å². The van der Waals surface area contributed by atoms with E-state index in [-0.39, 0.29) is 5.78 Å². The Balaban J connectivity index is 2.20. The van der Waals surface area contributed by atoms with Gasteiger partial charge in [-0.2, -0.15) is 0 Å². The lowest BCUT2D eigenvalue weighted by Crippen LogP contribution is -2.02. The van der Waals surface area contributed by atoms with Crippen molar-refractivity contribution >= 4 is 44.7 Å². The highest BCUT2D eigenvalue weighted by Crippen LogP contribution is 2.25. The van der Waals surface area contributed by atoms with Gasteiger partial charge in [-0.1, -0.05) is 23.7 Å². The molecule has 0 saturated heterocycles. The van der Waals surface area contributed by atoms with Crippen LogP contribution in [0.4, 0.5) is 0 Å². The number of Topliss-reactive ketones (excluding diaryl/α,β-unsaturated/α-hetero) is 1. The normalized spacial score (nSPS) is 10.5. The minimum absolute atomic E-state index is 0.0926. The molecule has 0 bridgehead atoms. The average molecular weight is 330 g/mol. The van der Waals surface area contributed by atoms with Crippen LogP contribution in [0.1, 0.15) is 20.8 Å². The SMILES string of the molecule is Cc1ccc(C(=O)Cc2sccc2Br)cc1Cl. The molecule has 0 fully saturated rings. The van der Waals surface area contributed by atoms with Gasteiger partial charge < -0.3 is 0 Å². The van der Waals surface area contributed by atoms with E-state index in [1.54, 1.807) is 17.4 Å². The zero-order valence-corrected chi connectivity index (χ0v) is 12.3. The molecule has 1 aromatic carbocycles. The number of benzene rings is 1. The van der Waals surface area contributed by atoms with Gasteiger partial charge in [0.25, 0.3) is 0 Å². The van der Waals surface area contributed by atoms with Gasteiger partial charge in [0.1, 0.15) is 0 Å². The van der Waals surface area contributed by atoms with Gasteiger partial charge in [0, 0.05) is 26.4 Å². The Morgan fingerprint density at radius 1 is 1.41 bits per heavy atom. The predicted octanol–water partition coefficient (Wildman–Crippen LogP) is 4.90. The summed E-state index contributed by atoms with van der Waals surface area (Å²) in [5.41, 5.74) is 1.65. The third-order valence-corrected chi connectivity index (χ3v) is 4.84. The van der Waals surface area contributed by atoms with Crippen LogP contribution in [0, 0.1) is 6.92 Å². The third-order valence-electron chi connectivity index (χ3n) is 2.51. The van der Waals surface area contributed by atoms with Crippen molar-refractivity contribution in [1.29, 1.82) is 0 Å². The fourth-order valence-electron chi connectivity index (χ4n) is 1.47. The molecule has 1 nitrogen and oxygen atoms in total. The molecule has 4 heteroatoms. The molecular formula is C13H10BrClOS. The molecule has 0 aliphatic heterocycles. The molecule has 0 amide bonds. The van der Waals surface area contributed by atoms with E-state index in [4.69, 9.17) is 11.6 Å². The van der Waals surface area contributed by atoms with Crippen molar-refractivity contribution in [2.75, 3.05) is 0 Å². The Labute approximate surface area is 118 Å². The maximum Gasteiger partial charge on any atom is 0.168 e. The monoisotopic (exact) mass is 328 g/mol. The van der Waals surface area contributed by atoms with Crippen molar-refractivity contribution in [2.24, 2.45) is 0 Å². The molecule has 0 aliphatic carbocycles. The first-order valence-electron chi connectivity index (χ1n) is 5.09. The van der Waals surface area contributed by atoms with E-state index in [0.29, 0.717) is 17.0 Å².